The van der Waals surface area contributed by atoms with Crippen LogP contribution >= 0.6 is 11.3 Å². The molecule has 0 aliphatic rings. The third kappa shape index (κ3) is 2.25. The third-order valence-corrected chi connectivity index (χ3v) is 2.94. The lowest BCUT2D eigenvalue weighted by molar-refractivity contribution is -0.376. The summed E-state index contributed by atoms with van der Waals surface area (Å²) in [6, 6.07) is 0. The Hall–Kier alpha value is -0.830. The van der Waals surface area contributed by atoms with Gasteiger partial charge in [-0.3, -0.25) is 0 Å². The van der Waals surface area contributed by atoms with Gasteiger partial charge >= 0.3 is 18.0 Å². The highest BCUT2D eigenvalue weighted by atomic mass is 32.1. The Kier molecular flexibility index (Phi) is 3.45. The maximum atomic E-state index is 12.4. The zero-order valence-corrected chi connectivity index (χ0v) is 8.88. The molecule has 2 nitrogen and oxygen atoms in total. The number of halogens is 6. The SMILES string of the molecule is [CH2]Cc1csc(C(O)(C(F)(F)F)C(F)(F)F)n1. The van der Waals surface area contributed by atoms with Crippen molar-refractivity contribution in [3.63, 3.8) is 0 Å². The molecule has 17 heavy (non-hydrogen) atoms. The Morgan fingerprint density at radius 2 is 1.65 bits per heavy atom. The lowest BCUT2D eigenvalue weighted by Gasteiger charge is -2.30. The summed E-state index contributed by atoms with van der Waals surface area (Å²) in [6.07, 6.45) is -11.8. The van der Waals surface area contributed by atoms with Crippen molar-refractivity contribution >= 4 is 11.3 Å². The van der Waals surface area contributed by atoms with Crippen LogP contribution < -0.4 is 0 Å². The normalized spacial score (nSPS) is 14.1. The van der Waals surface area contributed by atoms with Gasteiger partial charge in [0, 0.05) is 5.38 Å². The molecule has 1 aromatic rings. The fourth-order valence-electron chi connectivity index (χ4n) is 0.991. The third-order valence-electron chi connectivity index (χ3n) is 1.94. The molecule has 0 aliphatic heterocycles. The summed E-state index contributed by atoms with van der Waals surface area (Å²) >= 11 is 0.0937. The average molecular weight is 278 g/mol. The highest BCUT2D eigenvalue weighted by Gasteiger charge is 2.73. The molecule has 0 unspecified atom stereocenters. The van der Waals surface area contributed by atoms with E-state index in [4.69, 9.17) is 5.11 Å². The summed E-state index contributed by atoms with van der Waals surface area (Å²) in [5.74, 6) is 0. The summed E-state index contributed by atoms with van der Waals surface area (Å²) in [4.78, 5) is 3.10. The van der Waals surface area contributed by atoms with Crippen molar-refractivity contribution in [2.45, 2.75) is 24.4 Å². The van der Waals surface area contributed by atoms with Gasteiger partial charge in [-0.25, -0.2) is 4.98 Å². The first-order valence-electron chi connectivity index (χ1n) is 4.14. The predicted molar refractivity (Wildman–Crippen MR) is 47.2 cm³/mol. The highest BCUT2D eigenvalue weighted by Crippen LogP contribution is 2.50. The summed E-state index contributed by atoms with van der Waals surface area (Å²) in [6.45, 7) is 3.28. The first-order chi connectivity index (χ1) is 7.54. The van der Waals surface area contributed by atoms with E-state index in [1.54, 1.807) is 0 Å². The minimum absolute atomic E-state index is 0.0445. The standard InChI is InChI=1S/C8H6F6NOS/c1-2-4-3-17-5(15-4)6(16,7(9,10)11)8(12,13)14/h3,16H,1-2H2. The number of nitrogens with zero attached hydrogens (tertiary/aromatic N) is 1. The number of aliphatic hydroxyl groups is 1. The predicted octanol–water partition coefficient (Wildman–Crippen LogP) is 2.83. The van der Waals surface area contributed by atoms with Gasteiger partial charge < -0.3 is 5.11 Å². The molecule has 0 fully saturated rings. The largest absolute Gasteiger partial charge is 0.433 e. The molecular weight excluding hydrogens is 272 g/mol. The van der Waals surface area contributed by atoms with Gasteiger partial charge in [0.05, 0.1) is 5.69 Å². The van der Waals surface area contributed by atoms with E-state index in [-0.39, 0.29) is 23.5 Å². The van der Waals surface area contributed by atoms with E-state index in [0.717, 1.165) is 5.38 Å². The molecule has 97 valence electrons. The molecule has 1 radical (unpaired) electrons. The minimum Gasteiger partial charge on any atom is -0.368 e. The average Bonchev–Trinajstić information content (AvgIpc) is 2.61. The minimum atomic E-state index is -5.89. The molecule has 0 saturated carbocycles. The van der Waals surface area contributed by atoms with E-state index in [9.17, 15) is 26.3 Å². The van der Waals surface area contributed by atoms with Crippen LogP contribution in [0.2, 0.25) is 0 Å². The van der Waals surface area contributed by atoms with E-state index in [2.05, 4.69) is 11.9 Å². The van der Waals surface area contributed by atoms with Gasteiger partial charge in [0.2, 0.25) is 0 Å². The van der Waals surface area contributed by atoms with Gasteiger partial charge in [-0.05, 0) is 13.3 Å². The van der Waals surface area contributed by atoms with E-state index < -0.39 is 23.0 Å². The Balaban J connectivity index is 3.35. The van der Waals surface area contributed by atoms with E-state index in [1.807, 2.05) is 0 Å². The number of rotatable bonds is 2. The Bertz CT molecular complexity index is 381. The molecule has 1 heterocycles. The molecule has 0 aromatic carbocycles. The summed E-state index contributed by atoms with van der Waals surface area (Å²) in [5, 5.41) is 8.48. The first-order valence-corrected chi connectivity index (χ1v) is 5.02. The van der Waals surface area contributed by atoms with E-state index in [0.29, 0.717) is 0 Å². The first kappa shape index (κ1) is 14.2. The van der Waals surface area contributed by atoms with Crippen LogP contribution in [0.1, 0.15) is 10.7 Å². The van der Waals surface area contributed by atoms with E-state index >= 15 is 0 Å². The fraction of sp³-hybridized carbons (Fsp3) is 0.500. The molecule has 0 bridgehead atoms. The smallest absolute Gasteiger partial charge is 0.368 e. The number of aromatic nitrogens is 1. The van der Waals surface area contributed by atoms with E-state index in [1.165, 1.54) is 0 Å². The van der Waals surface area contributed by atoms with Crippen molar-refractivity contribution in [3.05, 3.63) is 23.0 Å². The van der Waals surface area contributed by atoms with Gasteiger partial charge in [0.25, 0.3) is 0 Å². The molecule has 0 aliphatic carbocycles. The van der Waals surface area contributed by atoms with Crippen LogP contribution in [0, 0.1) is 6.92 Å². The zero-order chi connectivity index (χ0) is 13.5. The lowest BCUT2D eigenvalue weighted by atomic mass is 10.0. The molecule has 1 rings (SSSR count). The maximum absolute atomic E-state index is 12.4. The molecule has 0 amide bonds. The van der Waals surface area contributed by atoms with Crippen LogP contribution in [0.15, 0.2) is 5.38 Å². The maximum Gasteiger partial charge on any atom is 0.433 e. The topological polar surface area (TPSA) is 33.1 Å². The highest BCUT2D eigenvalue weighted by molar-refractivity contribution is 7.09. The van der Waals surface area contributed by atoms with Crippen molar-refractivity contribution < 1.29 is 31.4 Å². The van der Waals surface area contributed by atoms with Crippen molar-refractivity contribution in [1.29, 1.82) is 0 Å². The number of hydrogen-bond acceptors (Lipinski definition) is 3. The summed E-state index contributed by atoms with van der Waals surface area (Å²) < 4.78 is 74.3. The monoisotopic (exact) mass is 278 g/mol. The quantitative estimate of drug-likeness (QED) is 0.844. The Morgan fingerprint density at radius 3 is 1.94 bits per heavy atom. The van der Waals surface area contributed by atoms with Crippen molar-refractivity contribution in [2.24, 2.45) is 0 Å². The molecule has 0 saturated heterocycles. The second kappa shape index (κ2) is 4.13. The van der Waals surface area contributed by atoms with Crippen LogP contribution in [0.5, 0.6) is 0 Å². The molecular formula is C8H6F6NOS. The Labute approximate surface area is 95.9 Å². The van der Waals surface area contributed by atoms with Gasteiger partial charge in [-0.15, -0.1) is 11.3 Å². The second-order valence-corrected chi connectivity index (χ2v) is 3.96. The molecule has 1 N–H and O–H groups in total. The van der Waals surface area contributed by atoms with Crippen LogP contribution in [0.25, 0.3) is 0 Å². The van der Waals surface area contributed by atoms with Crippen molar-refractivity contribution in [1.82, 2.24) is 4.98 Å². The van der Waals surface area contributed by atoms with Gasteiger partial charge in [0.1, 0.15) is 5.01 Å². The van der Waals surface area contributed by atoms with Crippen LogP contribution in [0.4, 0.5) is 26.3 Å². The Morgan fingerprint density at radius 1 is 1.18 bits per heavy atom. The number of alkyl halides is 6. The van der Waals surface area contributed by atoms with Crippen molar-refractivity contribution in [2.75, 3.05) is 0 Å². The van der Waals surface area contributed by atoms with Crippen LogP contribution in [0.3, 0.4) is 0 Å². The number of hydrogen-bond donors (Lipinski definition) is 1. The van der Waals surface area contributed by atoms with Crippen LogP contribution in [-0.4, -0.2) is 22.4 Å². The second-order valence-electron chi connectivity index (χ2n) is 3.10. The summed E-state index contributed by atoms with van der Waals surface area (Å²) in [5.41, 5.74) is -4.98. The fourth-order valence-corrected chi connectivity index (χ4v) is 1.98. The lowest BCUT2D eigenvalue weighted by Crippen LogP contribution is -2.53. The molecule has 1 aromatic heterocycles. The molecule has 0 spiro atoms. The van der Waals surface area contributed by atoms with Gasteiger partial charge in [0.15, 0.2) is 0 Å². The van der Waals surface area contributed by atoms with Gasteiger partial charge in [-0.2, -0.15) is 26.3 Å². The summed E-state index contributed by atoms with van der Waals surface area (Å²) in [7, 11) is 0. The molecule has 0 atom stereocenters. The van der Waals surface area contributed by atoms with Crippen LogP contribution in [-0.2, 0) is 12.0 Å². The van der Waals surface area contributed by atoms with Crippen molar-refractivity contribution in [3.8, 4) is 0 Å². The zero-order valence-electron chi connectivity index (χ0n) is 8.06. The van der Waals surface area contributed by atoms with Gasteiger partial charge in [-0.1, -0.05) is 0 Å². The number of thiazole rings is 1. The molecule has 9 heteroatoms.